The summed E-state index contributed by atoms with van der Waals surface area (Å²) in [4.78, 5) is 12.5. The molecule has 2 aliphatic carbocycles. The molecule has 0 heterocycles. The Morgan fingerprint density at radius 1 is 1.12 bits per heavy atom. The maximum Gasteiger partial charge on any atom is 0.199 e. The van der Waals surface area contributed by atoms with Crippen LogP contribution in [0.1, 0.15) is 12.8 Å². The summed E-state index contributed by atoms with van der Waals surface area (Å²) in [6.07, 6.45) is 3.97. The second-order valence-electron chi connectivity index (χ2n) is 6.12. The first-order valence-corrected chi connectivity index (χ1v) is 9.29. The molecular weight excluding hydrogens is 328 g/mol. The fourth-order valence-electron chi connectivity index (χ4n) is 3.62. The van der Waals surface area contributed by atoms with Crippen molar-refractivity contribution in [2.24, 2.45) is 11.8 Å². The standard InChI is InChI=1S/C18H20O5S/c1-22-18(23-2)9-8-17(19)15-10-13(11-16(15)18)12-24(20,21)14-6-4-3-5-7-14/h3-9,12,15-16H,10-11H2,1-2H3/b13-12-/t15-,16+/m1/s1. The lowest BCUT2D eigenvalue weighted by atomic mass is 9.80. The van der Waals surface area contributed by atoms with Gasteiger partial charge in [-0.1, -0.05) is 23.8 Å². The maximum absolute atomic E-state index is 12.5. The molecule has 0 unspecified atom stereocenters. The van der Waals surface area contributed by atoms with Crippen LogP contribution in [0.2, 0.25) is 0 Å². The third kappa shape index (κ3) is 2.85. The van der Waals surface area contributed by atoms with Crippen LogP contribution >= 0.6 is 0 Å². The van der Waals surface area contributed by atoms with Crippen LogP contribution in [0.5, 0.6) is 0 Å². The van der Waals surface area contributed by atoms with Gasteiger partial charge in [0.1, 0.15) is 0 Å². The minimum atomic E-state index is -3.53. The Labute approximate surface area is 141 Å². The average molecular weight is 348 g/mol. The van der Waals surface area contributed by atoms with E-state index in [1.54, 1.807) is 36.4 Å². The molecule has 0 aliphatic heterocycles. The molecule has 3 rings (SSSR count). The molecule has 5 nitrogen and oxygen atoms in total. The molecule has 0 N–H and O–H groups in total. The van der Waals surface area contributed by atoms with Crippen LogP contribution in [0, 0.1) is 11.8 Å². The molecule has 0 spiro atoms. The molecule has 1 aromatic carbocycles. The highest BCUT2D eigenvalue weighted by atomic mass is 32.2. The molecule has 0 amide bonds. The van der Waals surface area contributed by atoms with Crippen LogP contribution in [-0.4, -0.2) is 34.2 Å². The third-order valence-electron chi connectivity index (χ3n) is 4.84. The zero-order valence-corrected chi connectivity index (χ0v) is 14.5. The Kier molecular flexibility index (Phi) is 4.46. The summed E-state index contributed by atoms with van der Waals surface area (Å²) < 4.78 is 36.1. The minimum Gasteiger partial charge on any atom is -0.349 e. The molecule has 0 radical (unpaired) electrons. The van der Waals surface area contributed by atoms with E-state index in [2.05, 4.69) is 0 Å². The molecule has 24 heavy (non-hydrogen) atoms. The molecule has 6 heteroatoms. The van der Waals surface area contributed by atoms with Gasteiger partial charge in [-0.05, 0) is 37.1 Å². The lowest BCUT2D eigenvalue weighted by molar-refractivity contribution is -0.213. The Morgan fingerprint density at radius 2 is 1.79 bits per heavy atom. The van der Waals surface area contributed by atoms with Crippen LogP contribution in [-0.2, 0) is 24.1 Å². The van der Waals surface area contributed by atoms with Crippen molar-refractivity contribution in [1.29, 1.82) is 0 Å². The van der Waals surface area contributed by atoms with E-state index < -0.39 is 15.6 Å². The number of carbonyl (C=O) groups is 1. The number of allylic oxidation sites excluding steroid dienone is 2. The monoisotopic (exact) mass is 348 g/mol. The van der Waals surface area contributed by atoms with Crippen molar-refractivity contribution < 1.29 is 22.7 Å². The zero-order valence-electron chi connectivity index (χ0n) is 13.6. The highest BCUT2D eigenvalue weighted by Gasteiger charge is 2.51. The molecule has 128 valence electrons. The van der Waals surface area contributed by atoms with Gasteiger partial charge in [-0.2, -0.15) is 0 Å². The first-order valence-electron chi connectivity index (χ1n) is 7.75. The summed E-state index contributed by atoms with van der Waals surface area (Å²) in [5.41, 5.74) is 0.726. The van der Waals surface area contributed by atoms with E-state index in [0.29, 0.717) is 12.8 Å². The van der Waals surface area contributed by atoms with Crippen LogP contribution in [0.25, 0.3) is 0 Å². The Hall–Kier alpha value is -1.76. The number of ketones is 1. The first-order chi connectivity index (χ1) is 11.4. The van der Waals surface area contributed by atoms with Gasteiger partial charge in [0.15, 0.2) is 21.4 Å². The number of ether oxygens (including phenoxy) is 2. The van der Waals surface area contributed by atoms with Gasteiger partial charge in [0.25, 0.3) is 0 Å². The van der Waals surface area contributed by atoms with Gasteiger partial charge >= 0.3 is 0 Å². The highest BCUT2D eigenvalue weighted by molar-refractivity contribution is 7.94. The van der Waals surface area contributed by atoms with Crippen molar-refractivity contribution in [3.63, 3.8) is 0 Å². The number of hydrogen-bond donors (Lipinski definition) is 0. The van der Waals surface area contributed by atoms with Gasteiger partial charge in [0.2, 0.25) is 0 Å². The molecule has 0 saturated heterocycles. The van der Waals surface area contributed by atoms with E-state index in [9.17, 15) is 13.2 Å². The number of methoxy groups -OCH3 is 2. The van der Waals surface area contributed by atoms with Crippen molar-refractivity contribution in [3.8, 4) is 0 Å². The fraction of sp³-hybridized carbons (Fsp3) is 0.389. The van der Waals surface area contributed by atoms with Gasteiger partial charge in [-0.3, -0.25) is 4.79 Å². The molecule has 1 aromatic rings. The highest BCUT2D eigenvalue weighted by Crippen LogP contribution is 2.47. The quantitative estimate of drug-likeness (QED) is 0.782. The maximum atomic E-state index is 12.5. The summed E-state index contributed by atoms with van der Waals surface area (Å²) >= 11 is 0. The van der Waals surface area contributed by atoms with E-state index in [-0.39, 0.29) is 22.5 Å². The van der Waals surface area contributed by atoms with E-state index in [1.807, 2.05) is 0 Å². The predicted molar refractivity (Wildman–Crippen MR) is 88.8 cm³/mol. The van der Waals surface area contributed by atoms with Crippen LogP contribution in [0.4, 0.5) is 0 Å². The van der Waals surface area contributed by atoms with Gasteiger partial charge in [-0.15, -0.1) is 0 Å². The second kappa shape index (κ2) is 6.27. The van der Waals surface area contributed by atoms with Crippen molar-refractivity contribution in [2.75, 3.05) is 14.2 Å². The number of sulfone groups is 1. The van der Waals surface area contributed by atoms with E-state index >= 15 is 0 Å². The fourth-order valence-corrected chi connectivity index (χ4v) is 4.92. The zero-order chi connectivity index (χ0) is 17.4. The Morgan fingerprint density at radius 3 is 2.42 bits per heavy atom. The largest absolute Gasteiger partial charge is 0.349 e. The number of fused-ring (bicyclic) bond motifs is 1. The molecule has 2 atom stereocenters. The molecular formula is C18H20O5S. The Balaban J connectivity index is 1.93. The molecule has 1 saturated carbocycles. The van der Waals surface area contributed by atoms with Gasteiger partial charge in [-0.25, -0.2) is 8.42 Å². The van der Waals surface area contributed by atoms with Crippen LogP contribution in [0.15, 0.2) is 58.4 Å². The Bertz CT molecular complexity index is 788. The van der Waals surface area contributed by atoms with Crippen molar-refractivity contribution in [3.05, 3.63) is 53.5 Å². The normalized spacial score (nSPS) is 27.4. The van der Waals surface area contributed by atoms with Crippen molar-refractivity contribution in [1.82, 2.24) is 0 Å². The molecule has 2 aliphatic rings. The van der Waals surface area contributed by atoms with Crippen molar-refractivity contribution >= 4 is 15.6 Å². The van der Waals surface area contributed by atoms with E-state index in [0.717, 1.165) is 5.57 Å². The number of rotatable bonds is 4. The van der Waals surface area contributed by atoms with Crippen LogP contribution in [0.3, 0.4) is 0 Å². The lowest BCUT2D eigenvalue weighted by Gasteiger charge is -2.38. The van der Waals surface area contributed by atoms with Crippen molar-refractivity contribution in [2.45, 2.75) is 23.5 Å². The van der Waals surface area contributed by atoms with E-state index in [4.69, 9.17) is 9.47 Å². The topological polar surface area (TPSA) is 69.7 Å². The molecule has 0 bridgehead atoms. The smallest absolute Gasteiger partial charge is 0.199 e. The van der Waals surface area contributed by atoms with E-state index in [1.165, 1.54) is 25.7 Å². The summed E-state index contributed by atoms with van der Waals surface area (Å²) in [5, 5.41) is 1.30. The predicted octanol–water partition coefficient (Wildman–Crippen LogP) is 2.50. The number of benzene rings is 1. The van der Waals surface area contributed by atoms with Gasteiger partial charge < -0.3 is 9.47 Å². The molecule has 1 fully saturated rings. The summed E-state index contributed by atoms with van der Waals surface area (Å²) in [6.45, 7) is 0. The third-order valence-corrected chi connectivity index (χ3v) is 6.42. The number of hydrogen-bond acceptors (Lipinski definition) is 5. The van der Waals surface area contributed by atoms with Gasteiger partial charge in [0.05, 0.1) is 4.90 Å². The van der Waals surface area contributed by atoms with Gasteiger partial charge in [0, 0.05) is 31.5 Å². The minimum absolute atomic E-state index is 0.00904. The summed E-state index contributed by atoms with van der Waals surface area (Å²) in [7, 11) is -0.468. The lowest BCUT2D eigenvalue weighted by Crippen LogP contribution is -2.46. The molecule has 0 aromatic heterocycles. The SMILES string of the molecule is COC1(OC)C=CC(=O)[C@@H]2C/C(=C/S(=O)(=O)c3ccccc3)C[C@@H]21. The number of carbonyl (C=O) groups excluding carboxylic acids is 1. The first kappa shape index (κ1) is 17.1. The average Bonchev–Trinajstić information content (AvgIpc) is 3.01. The summed E-state index contributed by atoms with van der Waals surface area (Å²) in [5.74, 6) is -1.52. The second-order valence-corrected chi connectivity index (χ2v) is 7.92. The van der Waals surface area contributed by atoms with Crippen LogP contribution < -0.4 is 0 Å². The summed E-state index contributed by atoms with van der Waals surface area (Å²) in [6, 6.07) is 8.28.